The Hall–Kier alpha value is -1.89. The second kappa shape index (κ2) is 5.18. The Balaban J connectivity index is 2.11. The monoisotopic (exact) mass is 251 g/mol. The average Bonchev–Trinajstić information content (AvgIpc) is 2.38. The summed E-state index contributed by atoms with van der Waals surface area (Å²) in [5.41, 5.74) is 5.46. The molecular formula is C11H17N5O2. The van der Waals surface area contributed by atoms with Crippen molar-refractivity contribution in [2.45, 2.75) is 6.92 Å². The van der Waals surface area contributed by atoms with Gasteiger partial charge in [0.05, 0.1) is 4.92 Å². The number of nitrogen functional groups attached to an aromatic ring is 1. The van der Waals surface area contributed by atoms with Crippen molar-refractivity contribution >= 4 is 17.3 Å². The number of rotatable bonds is 3. The Morgan fingerprint density at radius 2 is 2.06 bits per heavy atom. The Labute approximate surface area is 105 Å². The van der Waals surface area contributed by atoms with Gasteiger partial charge < -0.3 is 15.5 Å². The van der Waals surface area contributed by atoms with Gasteiger partial charge in [0.1, 0.15) is 5.82 Å². The van der Waals surface area contributed by atoms with E-state index in [9.17, 15) is 10.1 Å². The minimum atomic E-state index is -0.513. The molecular weight excluding hydrogens is 234 g/mol. The summed E-state index contributed by atoms with van der Waals surface area (Å²) in [6.45, 7) is 6.89. The van der Waals surface area contributed by atoms with E-state index in [1.54, 1.807) is 6.07 Å². The molecule has 7 heteroatoms. The van der Waals surface area contributed by atoms with Crippen molar-refractivity contribution in [2.24, 2.45) is 0 Å². The zero-order chi connectivity index (χ0) is 13.1. The lowest BCUT2D eigenvalue weighted by molar-refractivity contribution is -0.384. The van der Waals surface area contributed by atoms with Crippen LogP contribution in [0.15, 0.2) is 12.1 Å². The van der Waals surface area contributed by atoms with Gasteiger partial charge in [-0.05, 0) is 12.6 Å². The molecule has 0 radical (unpaired) electrons. The molecule has 0 atom stereocenters. The standard InChI is InChI=1S/C11H17N5O2/c1-2-14-5-7-15(8-6-14)10-4-3-9(16(17)18)11(12)13-10/h3-4H,2,5-8H2,1H3,(H2,12,13). The van der Waals surface area contributed by atoms with Crippen LogP contribution in [-0.2, 0) is 0 Å². The molecule has 18 heavy (non-hydrogen) atoms. The quantitative estimate of drug-likeness (QED) is 0.629. The van der Waals surface area contributed by atoms with Crippen LogP contribution in [0.4, 0.5) is 17.3 Å². The third-order valence-corrected chi connectivity index (χ3v) is 3.23. The SMILES string of the molecule is CCN1CCN(c2ccc([N+](=O)[O-])c(N)n2)CC1. The molecule has 0 aliphatic carbocycles. The van der Waals surface area contributed by atoms with Gasteiger partial charge in [0, 0.05) is 32.2 Å². The van der Waals surface area contributed by atoms with Gasteiger partial charge in [-0.3, -0.25) is 10.1 Å². The second-order valence-electron chi connectivity index (χ2n) is 4.25. The maximum atomic E-state index is 10.7. The van der Waals surface area contributed by atoms with Crippen LogP contribution < -0.4 is 10.6 Å². The van der Waals surface area contributed by atoms with E-state index in [4.69, 9.17) is 5.73 Å². The lowest BCUT2D eigenvalue weighted by Gasteiger charge is -2.34. The van der Waals surface area contributed by atoms with E-state index in [0.29, 0.717) is 5.82 Å². The minimum Gasteiger partial charge on any atom is -0.378 e. The molecule has 2 rings (SSSR count). The lowest BCUT2D eigenvalue weighted by Crippen LogP contribution is -2.46. The number of nitrogens with zero attached hydrogens (tertiary/aromatic N) is 4. The molecule has 0 unspecified atom stereocenters. The van der Waals surface area contributed by atoms with E-state index in [2.05, 4.69) is 21.7 Å². The van der Waals surface area contributed by atoms with Crippen molar-refractivity contribution in [1.29, 1.82) is 0 Å². The first-order valence-corrected chi connectivity index (χ1v) is 6.00. The highest BCUT2D eigenvalue weighted by Gasteiger charge is 2.19. The number of anilines is 2. The molecule has 1 aromatic heterocycles. The van der Waals surface area contributed by atoms with Gasteiger partial charge in [0.25, 0.3) is 0 Å². The topological polar surface area (TPSA) is 88.5 Å². The molecule has 0 aromatic carbocycles. The molecule has 0 bridgehead atoms. The summed E-state index contributed by atoms with van der Waals surface area (Å²) in [6, 6.07) is 3.08. The zero-order valence-corrected chi connectivity index (χ0v) is 10.4. The highest BCUT2D eigenvalue weighted by molar-refractivity contribution is 5.58. The number of nitro groups is 1. The third-order valence-electron chi connectivity index (χ3n) is 3.23. The van der Waals surface area contributed by atoms with E-state index in [-0.39, 0.29) is 11.5 Å². The molecule has 98 valence electrons. The summed E-state index contributed by atoms with van der Waals surface area (Å²) in [5.74, 6) is 0.698. The third kappa shape index (κ3) is 2.51. The fourth-order valence-electron chi connectivity index (χ4n) is 2.08. The molecule has 0 amide bonds. The molecule has 1 fully saturated rings. The van der Waals surface area contributed by atoms with E-state index >= 15 is 0 Å². The van der Waals surface area contributed by atoms with Gasteiger partial charge >= 0.3 is 5.69 Å². The zero-order valence-electron chi connectivity index (χ0n) is 10.4. The molecule has 2 heterocycles. The Morgan fingerprint density at radius 1 is 1.39 bits per heavy atom. The van der Waals surface area contributed by atoms with Gasteiger partial charge in [-0.2, -0.15) is 0 Å². The number of likely N-dealkylation sites (N-methyl/N-ethyl adjacent to an activating group) is 1. The fraction of sp³-hybridized carbons (Fsp3) is 0.545. The molecule has 7 nitrogen and oxygen atoms in total. The molecule has 1 aromatic rings. The molecule has 0 spiro atoms. The van der Waals surface area contributed by atoms with Crippen LogP contribution in [-0.4, -0.2) is 47.5 Å². The highest BCUT2D eigenvalue weighted by Crippen LogP contribution is 2.23. The second-order valence-corrected chi connectivity index (χ2v) is 4.25. The predicted octanol–water partition coefficient (Wildman–Crippen LogP) is 0.714. The van der Waals surface area contributed by atoms with Crippen molar-refractivity contribution in [3.8, 4) is 0 Å². The average molecular weight is 251 g/mol. The van der Waals surface area contributed by atoms with Crippen LogP contribution in [0.1, 0.15) is 6.92 Å². The molecule has 1 aliphatic rings. The number of pyridine rings is 1. The predicted molar refractivity (Wildman–Crippen MR) is 69.6 cm³/mol. The van der Waals surface area contributed by atoms with Crippen LogP contribution in [0.25, 0.3) is 0 Å². The van der Waals surface area contributed by atoms with Gasteiger partial charge in [-0.1, -0.05) is 6.92 Å². The largest absolute Gasteiger partial charge is 0.378 e. The first-order valence-electron chi connectivity index (χ1n) is 6.00. The van der Waals surface area contributed by atoms with Crippen molar-refractivity contribution in [2.75, 3.05) is 43.4 Å². The summed E-state index contributed by atoms with van der Waals surface area (Å²) >= 11 is 0. The highest BCUT2D eigenvalue weighted by atomic mass is 16.6. The van der Waals surface area contributed by atoms with E-state index in [1.807, 2.05) is 0 Å². The summed E-state index contributed by atoms with van der Waals surface area (Å²) < 4.78 is 0. The molecule has 2 N–H and O–H groups in total. The maximum absolute atomic E-state index is 10.7. The van der Waals surface area contributed by atoms with E-state index in [0.717, 1.165) is 32.7 Å². The lowest BCUT2D eigenvalue weighted by atomic mass is 10.3. The molecule has 0 saturated carbocycles. The molecule has 1 aliphatic heterocycles. The first-order chi connectivity index (χ1) is 8.61. The van der Waals surface area contributed by atoms with Crippen molar-refractivity contribution < 1.29 is 4.92 Å². The fourth-order valence-corrected chi connectivity index (χ4v) is 2.08. The Kier molecular flexibility index (Phi) is 3.61. The Bertz CT molecular complexity index is 443. The van der Waals surface area contributed by atoms with Crippen molar-refractivity contribution in [3.05, 3.63) is 22.2 Å². The van der Waals surface area contributed by atoms with Gasteiger partial charge in [0.2, 0.25) is 5.82 Å². The normalized spacial score (nSPS) is 16.8. The van der Waals surface area contributed by atoms with Gasteiger partial charge in [-0.25, -0.2) is 4.98 Å². The van der Waals surface area contributed by atoms with Crippen LogP contribution in [0.5, 0.6) is 0 Å². The number of aromatic nitrogens is 1. The van der Waals surface area contributed by atoms with Gasteiger partial charge in [-0.15, -0.1) is 0 Å². The van der Waals surface area contributed by atoms with E-state index in [1.165, 1.54) is 6.07 Å². The first kappa shape index (κ1) is 12.6. The van der Waals surface area contributed by atoms with Crippen molar-refractivity contribution in [3.63, 3.8) is 0 Å². The number of nitrogens with two attached hydrogens (primary N) is 1. The smallest absolute Gasteiger partial charge is 0.311 e. The number of hydrogen-bond donors (Lipinski definition) is 1. The number of piperazine rings is 1. The minimum absolute atomic E-state index is 0.0181. The van der Waals surface area contributed by atoms with Crippen molar-refractivity contribution in [1.82, 2.24) is 9.88 Å². The molecule has 1 saturated heterocycles. The summed E-state index contributed by atoms with van der Waals surface area (Å²) in [4.78, 5) is 18.7. The Morgan fingerprint density at radius 3 is 2.56 bits per heavy atom. The van der Waals surface area contributed by atoms with Crippen LogP contribution in [0, 0.1) is 10.1 Å². The van der Waals surface area contributed by atoms with Gasteiger partial charge in [0.15, 0.2) is 0 Å². The van der Waals surface area contributed by atoms with Crippen LogP contribution in [0.3, 0.4) is 0 Å². The summed E-state index contributed by atoms with van der Waals surface area (Å²) in [6.07, 6.45) is 0. The van der Waals surface area contributed by atoms with Crippen LogP contribution in [0.2, 0.25) is 0 Å². The summed E-state index contributed by atoms with van der Waals surface area (Å²) in [7, 11) is 0. The summed E-state index contributed by atoms with van der Waals surface area (Å²) in [5, 5.41) is 10.7. The maximum Gasteiger partial charge on any atom is 0.311 e. The van der Waals surface area contributed by atoms with E-state index < -0.39 is 4.92 Å². The number of hydrogen-bond acceptors (Lipinski definition) is 6. The van der Waals surface area contributed by atoms with Crippen LogP contribution >= 0.6 is 0 Å².